The summed E-state index contributed by atoms with van der Waals surface area (Å²) in [6, 6.07) is 8.00. The highest BCUT2D eigenvalue weighted by Gasteiger charge is 2.23. The Labute approximate surface area is 168 Å². The summed E-state index contributed by atoms with van der Waals surface area (Å²) in [6.07, 6.45) is 7.21. The third-order valence-electron chi connectivity index (χ3n) is 5.38. The molecule has 0 radical (unpaired) electrons. The van der Waals surface area contributed by atoms with Crippen molar-refractivity contribution in [2.24, 2.45) is 4.99 Å². The second-order valence-corrected chi connectivity index (χ2v) is 7.73. The minimum absolute atomic E-state index is 0.302. The van der Waals surface area contributed by atoms with E-state index in [1.807, 2.05) is 25.2 Å². The summed E-state index contributed by atoms with van der Waals surface area (Å²) in [7, 11) is 1.85. The molecule has 0 saturated carbocycles. The topological polar surface area (TPSA) is 46.1 Å². The van der Waals surface area contributed by atoms with Gasteiger partial charge in [-0.25, -0.2) is 0 Å². The van der Waals surface area contributed by atoms with Crippen molar-refractivity contribution in [3.8, 4) is 0 Å². The first-order valence-corrected chi connectivity index (χ1v) is 10.6. The van der Waals surface area contributed by atoms with Crippen molar-refractivity contribution in [3.63, 3.8) is 0 Å². The second-order valence-electron chi connectivity index (χ2n) is 7.32. The molecule has 0 amide bonds. The number of hydrogen-bond donors (Lipinski definition) is 1. The maximum atomic E-state index is 6.23. The number of guanidine groups is 1. The van der Waals surface area contributed by atoms with E-state index in [4.69, 9.17) is 21.1 Å². The zero-order valence-corrected chi connectivity index (χ0v) is 17.1. The number of aliphatic imine (C=N–C) groups is 1. The molecule has 0 bridgehead atoms. The molecule has 2 saturated heterocycles. The van der Waals surface area contributed by atoms with Gasteiger partial charge in [0.15, 0.2) is 5.96 Å². The fourth-order valence-corrected chi connectivity index (χ4v) is 3.99. The number of ether oxygens (including phenoxy) is 2. The molecule has 3 rings (SSSR count). The van der Waals surface area contributed by atoms with Gasteiger partial charge in [0.1, 0.15) is 0 Å². The van der Waals surface area contributed by atoms with Crippen LogP contribution in [0.5, 0.6) is 0 Å². The number of halogens is 1. The Morgan fingerprint density at radius 2 is 2.07 bits per heavy atom. The Morgan fingerprint density at radius 1 is 1.26 bits per heavy atom. The van der Waals surface area contributed by atoms with E-state index in [-0.39, 0.29) is 0 Å². The van der Waals surface area contributed by atoms with Gasteiger partial charge in [0.2, 0.25) is 0 Å². The van der Waals surface area contributed by atoms with Crippen LogP contribution < -0.4 is 5.32 Å². The lowest BCUT2D eigenvalue weighted by atomic mass is 10.1. The van der Waals surface area contributed by atoms with Gasteiger partial charge in [-0.3, -0.25) is 4.99 Å². The molecule has 150 valence electrons. The van der Waals surface area contributed by atoms with Crippen LogP contribution in [-0.4, -0.2) is 63.0 Å². The Balaban J connectivity index is 1.36. The molecule has 2 aliphatic heterocycles. The number of piperidine rings is 1. The number of nitrogens with one attached hydrogen (secondary N) is 1. The van der Waals surface area contributed by atoms with Gasteiger partial charge in [-0.2, -0.15) is 0 Å². The number of hydrogen-bond acceptors (Lipinski definition) is 3. The zero-order chi connectivity index (χ0) is 18.9. The first-order valence-electron chi connectivity index (χ1n) is 10.2. The first kappa shape index (κ1) is 20.4. The van der Waals surface area contributed by atoms with Crippen LogP contribution in [0.4, 0.5) is 0 Å². The summed E-state index contributed by atoms with van der Waals surface area (Å²) in [6.45, 7) is 4.41. The van der Waals surface area contributed by atoms with Crippen molar-refractivity contribution in [2.45, 2.75) is 50.7 Å². The number of likely N-dealkylation sites (tertiary alicyclic amines) is 1. The van der Waals surface area contributed by atoms with E-state index < -0.39 is 0 Å². The van der Waals surface area contributed by atoms with Gasteiger partial charge in [-0.1, -0.05) is 29.8 Å². The van der Waals surface area contributed by atoms with Gasteiger partial charge in [0.25, 0.3) is 0 Å². The van der Waals surface area contributed by atoms with Crippen LogP contribution in [0.1, 0.15) is 37.7 Å². The molecule has 1 aromatic rings. The summed E-state index contributed by atoms with van der Waals surface area (Å²) >= 11 is 6.23. The number of benzene rings is 1. The largest absolute Gasteiger partial charge is 0.376 e. The minimum Gasteiger partial charge on any atom is -0.376 e. The normalized spacial score (nSPS) is 22.1. The Kier molecular flexibility index (Phi) is 8.24. The Hall–Kier alpha value is -1.30. The summed E-state index contributed by atoms with van der Waals surface area (Å²) in [5, 5.41) is 4.30. The summed E-state index contributed by atoms with van der Waals surface area (Å²) in [4.78, 5) is 6.77. The van der Waals surface area contributed by atoms with Crippen molar-refractivity contribution in [3.05, 3.63) is 34.9 Å². The van der Waals surface area contributed by atoms with Gasteiger partial charge in [-0.05, 0) is 50.2 Å². The molecule has 1 aromatic carbocycles. The first-order chi connectivity index (χ1) is 13.3. The van der Waals surface area contributed by atoms with Gasteiger partial charge in [0.05, 0.1) is 18.8 Å². The Morgan fingerprint density at radius 3 is 2.78 bits per heavy atom. The molecule has 5 nitrogen and oxygen atoms in total. The van der Waals surface area contributed by atoms with Crippen LogP contribution in [0.2, 0.25) is 5.02 Å². The predicted molar refractivity (Wildman–Crippen MR) is 111 cm³/mol. The molecule has 27 heavy (non-hydrogen) atoms. The molecule has 1 atom stereocenters. The Bertz CT molecular complexity index is 597. The number of rotatable bonds is 6. The molecular weight excluding hydrogens is 362 g/mol. The van der Waals surface area contributed by atoms with Crippen molar-refractivity contribution >= 4 is 17.6 Å². The molecule has 2 fully saturated rings. The van der Waals surface area contributed by atoms with E-state index in [2.05, 4.69) is 21.3 Å². The van der Waals surface area contributed by atoms with Crippen LogP contribution in [0, 0.1) is 0 Å². The molecule has 1 N–H and O–H groups in total. The van der Waals surface area contributed by atoms with E-state index in [0.29, 0.717) is 12.2 Å². The van der Waals surface area contributed by atoms with Crippen molar-refractivity contribution in [1.82, 2.24) is 10.2 Å². The van der Waals surface area contributed by atoms with Crippen LogP contribution in [0.3, 0.4) is 0 Å². The minimum atomic E-state index is 0.302. The lowest BCUT2D eigenvalue weighted by molar-refractivity contribution is -0.0721. The SMILES string of the molecule is CN=C(NCCc1ccccc1Cl)N1CCC(OCC2CCCCO2)CC1. The molecule has 2 heterocycles. The van der Waals surface area contributed by atoms with Gasteiger partial charge in [-0.15, -0.1) is 0 Å². The lowest BCUT2D eigenvalue weighted by Crippen LogP contribution is -2.47. The molecule has 1 unspecified atom stereocenters. The third kappa shape index (κ3) is 6.37. The van der Waals surface area contributed by atoms with Crippen LogP contribution in [-0.2, 0) is 15.9 Å². The van der Waals surface area contributed by atoms with Crippen LogP contribution >= 0.6 is 11.6 Å². The highest BCUT2D eigenvalue weighted by molar-refractivity contribution is 6.31. The fourth-order valence-electron chi connectivity index (χ4n) is 3.76. The molecule has 6 heteroatoms. The summed E-state index contributed by atoms with van der Waals surface area (Å²) in [5.74, 6) is 0.969. The van der Waals surface area contributed by atoms with Crippen molar-refractivity contribution in [1.29, 1.82) is 0 Å². The monoisotopic (exact) mass is 393 g/mol. The van der Waals surface area contributed by atoms with Crippen molar-refractivity contribution in [2.75, 3.05) is 39.9 Å². The molecule has 0 aromatic heterocycles. The highest BCUT2D eigenvalue weighted by Crippen LogP contribution is 2.18. The highest BCUT2D eigenvalue weighted by atomic mass is 35.5. The predicted octanol–water partition coefficient (Wildman–Crippen LogP) is 3.51. The summed E-state index contributed by atoms with van der Waals surface area (Å²) < 4.78 is 11.9. The molecule has 2 aliphatic rings. The fraction of sp³-hybridized carbons (Fsp3) is 0.667. The average molecular weight is 394 g/mol. The third-order valence-corrected chi connectivity index (χ3v) is 5.75. The molecule has 0 aliphatic carbocycles. The van der Waals surface area contributed by atoms with Gasteiger partial charge < -0.3 is 19.7 Å². The maximum Gasteiger partial charge on any atom is 0.193 e. The average Bonchev–Trinajstić information content (AvgIpc) is 2.72. The second kappa shape index (κ2) is 10.9. The molecular formula is C21H32ClN3O2. The van der Waals surface area contributed by atoms with Crippen LogP contribution in [0.15, 0.2) is 29.3 Å². The van der Waals surface area contributed by atoms with Gasteiger partial charge >= 0.3 is 0 Å². The quantitative estimate of drug-likeness (QED) is 0.593. The van der Waals surface area contributed by atoms with E-state index in [9.17, 15) is 0 Å². The summed E-state index contributed by atoms with van der Waals surface area (Å²) in [5.41, 5.74) is 1.17. The maximum absolute atomic E-state index is 6.23. The van der Waals surface area contributed by atoms with Crippen molar-refractivity contribution < 1.29 is 9.47 Å². The zero-order valence-electron chi connectivity index (χ0n) is 16.3. The smallest absolute Gasteiger partial charge is 0.193 e. The number of nitrogens with zero attached hydrogens (tertiary/aromatic N) is 2. The lowest BCUT2D eigenvalue weighted by Gasteiger charge is -2.35. The van der Waals surface area contributed by atoms with E-state index in [1.165, 1.54) is 18.4 Å². The van der Waals surface area contributed by atoms with Crippen LogP contribution in [0.25, 0.3) is 0 Å². The molecule has 0 spiro atoms. The standard InChI is InChI=1S/C21H32ClN3O2/c1-23-21(24-12-9-17-6-2-3-8-20(17)22)25-13-10-18(11-14-25)27-16-19-7-4-5-15-26-19/h2-3,6,8,18-19H,4-5,7,9-16H2,1H3,(H,23,24). The van der Waals surface area contributed by atoms with E-state index in [1.54, 1.807) is 0 Å². The van der Waals surface area contributed by atoms with E-state index >= 15 is 0 Å². The van der Waals surface area contributed by atoms with Gasteiger partial charge in [0, 0.05) is 38.3 Å². The van der Waals surface area contributed by atoms with E-state index in [0.717, 1.165) is 69.5 Å².